The van der Waals surface area contributed by atoms with Crippen LogP contribution in [0.5, 0.6) is 0 Å². The van der Waals surface area contributed by atoms with Gasteiger partial charge in [0.2, 0.25) is 0 Å². The summed E-state index contributed by atoms with van der Waals surface area (Å²) in [5, 5.41) is 10.7. The fourth-order valence-electron chi connectivity index (χ4n) is 0.252. The van der Waals surface area contributed by atoms with Gasteiger partial charge in [-0.1, -0.05) is 6.58 Å². The molecule has 0 aromatic rings. The third-order valence-corrected chi connectivity index (χ3v) is 0.518. The van der Waals surface area contributed by atoms with E-state index in [1.165, 1.54) is 7.11 Å². The van der Waals surface area contributed by atoms with Gasteiger partial charge in [-0.3, -0.25) is 0 Å². The Labute approximate surface area is 53.4 Å². The van der Waals surface area contributed by atoms with Crippen molar-refractivity contribution in [2.45, 2.75) is 6.92 Å². The Hall–Kier alpha value is -1.19. The Morgan fingerprint density at radius 1 is 1.67 bits per heavy atom. The zero-order chi connectivity index (χ0) is 7.28. The standard InChI is InChI=1S/C5H9NO3/c1-4(2)9-5(6-7)8-3/h7H,1H2,2-3H3. The van der Waals surface area contributed by atoms with E-state index in [4.69, 9.17) is 5.21 Å². The summed E-state index contributed by atoms with van der Waals surface area (Å²) in [6.45, 7) is 5.01. The topological polar surface area (TPSA) is 51.0 Å². The molecule has 0 spiro atoms. The first-order chi connectivity index (χ1) is 4.20. The van der Waals surface area contributed by atoms with E-state index in [-0.39, 0.29) is 6.08 Å². The van der Waals surface area contributed by atoms with E-state index in [9.17, 15) is 0 Å². The zero-order valence-electron chi connectivity index (χ0n) is 5.42. The molecule has 0 bridgehead atoms. The van der Waals surface area contributed by atoms with Gasteiger partial charge in [0.25, 0.3) is 0 Å². The summed E-state index contributed by atoms with van der Waals surface area (Å²) in [5.74, 6) is 0.407. The summed E-state index contributed by atoms with van der Waals surface area (Å²) in [7, 11) is 1.33. The first-order valence-corrected chi connectivity index (χ1v) is 2.30. The van der Waals surface area contributed by atoms with Crippen LogP contribution in [0.3, 0.4) is 0 Å². The van der Waals surface area contributed by atoms with Crippen LogP contribution in [0.1, 0.15) is 6.92 Å². The average Bonchev–Trinajstić information content (AvgIpc) is 1.82. The second-order valence-electron chi connectivity index (χ2n) is 1.37. The molecule has 0 aromatic carbocycles. The van der Waals surface area contributed by atoms with Crippen molar-refractivity contribution in [3.8, 4) is 0 Å². The number of hydrogen-bond donors (Lipinski definition) is 1. The fraction of sp³-hybridized carbons (Fsp3) is 0.400. The lowest BCUT2D eigenvalue weighted by Crippen LogP contribution is -2.04. The normalized spacial score (nSPS) is 10.7. The summed E-state index contributed by atoms with van der Waals surface area (Å²) in [6.07, 6.45) is -0.206. The molecule has 0 saturated carbocycles. The first kappa shape index (κ1) is 7.81. The number of oxime groups is 1. The summed E-state index contributed by atoms with van der Waals surface area (Å²) < 4.78 is 9.06. The highest BCUT2D eigenvalue weighted by molar-refractivity contribution is 5.66. The number of hydrogen-bond acceptors (Lipinski definition) is 4. The number of ether oxygens (including phenoxy) is 2. The highest BCUT2D eigenvalue weighted by atomic mass is 16.7. The second-order valence-corrected chi connectivity index (χ2v) is 1.37. The van der Waals surface area contributed by atoms with E-state index in [0.29, 0.717) is 5.76 Å². The van der Waals surface area contributed by atoms with Gasteiger partial charge in [-0.15, -0.1) is 0 Å². The Kier molecular flexibility index (Phi) is 3.27. The van der Waals surface area contributed by atoms with Crippen molar-refractivity contribution >= 4 is 6.08 Å². The molecule has 9 heavy (non-hydrogen) atoms. The fourth-order valence-corrected chi connectivity index (χ4v) is 0.252. The Morgan fingerprint density at radius 2 is 2.22 bits per heavy atom. The van der Waals surface area contributed by atoms with Crippen molar-refractivity contribution in [1.82, 2.24) is 0 Å². The molecule has 0 aromatic heterocycles. The number of nitrogens with zero attached hydrogens (tertiary/aromatic N) is 1. The molecule has 0 fully saturated rings. The van der Waals surface area contributed by atoms with Crippen molar-refractivity contribution in [2.24, 2.45) is 5.16 Å². The summed E-state index contributed by atoms with van der Waals surface area (Å²) in [6, 6.07) is 0. The Morgan fingerprint density at radius 3 is 2.33 bits per heavy atom. The molecule has 0 amide bonds. The molecule has 52 valence electrons. The van der Waals surface area contributed by atoms with E-state index in [2.05, 4.69) is 21.2 Å². The molecule has 0 rings (SSSR count). The minimum Gasteiger partial charge on any atom is -0.452 e. The Balaban J connectivity index is 3.71. The van der Waals surface area contributed by atoms with Gasteiger partial charge in [0.05, 0.1) is 12.9 Å². The lowest BCUT2D eigenvalue weighted by molar-refractivity contribution is 0.204. The van der Waals surface area contributed by atoms with Crippen LogP contribution in [-0.4, -0.2) is 18.4 Å². The molecular formula is C5H9NO3. The van der Waals surface area contributed by atoms with Crippen molar-refractivity contribution < 1.29 is 14.7 Å². The number of allylic oxidation sites excluding steroid dienone is 1. The quantitative estimate of drug-likeness (QED) is 0.189. The molecule has 0 radical (unpaired) electrons. The van der Waals surface area contributed by atoms with Crippen LogP contribution in [-0.2, 0) is 9.47 Å². The van der Waals surface area contributed by atoms with Crippen LogP contribution in [0.25, 0.3) is 0 Å². The van der Waals surface area contributed by atoms with Gasteiger partial charge in [-0.2, -0.15) is 0 Å². The monoisotopic (exact) mass is 131 g/mol. The third kappa shape index (κ3) is 3.40. The van der Waals surface area contributed by atoms with Crippen LogP contribution in [0.4, 0.5) is 0 Å². The summed E-state index contributed by atoms with van der Waals surface area (Å²) >= 11 is 0. The van der Waals surface area contributed by atoms with Crippen molar-refractivity contribution in [3.05, 3.63) is 12.3 Å². The first-order valence-electron chi connectivity index (χ1n) is 2.30. The average molecular weight is 131 g/mol. The minimum absolute atomic E-state index is 0.206. The third-order valence-electron chi connectivity index (χ3n) is 0.518. The number of rotatable bonds is 1. The lowest BCUT2D eigenvalue weighted by atomic mass is 10.7. The molecule has 0 saturated heterocycles. The van der Waals surface area contributed by atoms with E-state index in [1.54, 1.807) is 6.92 Å². The van der Waals surface area contributed by atoms with Crippen LogP contribution < -0.4 is 0 Å². The smallest absolute Gasteiger partial charge is 0.426 e. The van der Waals surface area contributed by atoms with E-state index >= 15 is 0 Å². The van der Waals surface area contributed by atoms with Crippen molar-refractivity contribution in [3.63, 3.8) is 0 Å². The minimum atomic E-state index is -0.206. The molecular weight excluding hydrogens is 122 g/mol. The molecule has 0 atom stereocenters. The van der Waals surface area contributed by atoms with Crippen molar-refractivity contribution in [1.29, 1.82) is 0 Å². The van der Waals surface area contributed by atoms with Gasteiger partial charge in [0.1, 0.15) is 0 Å². The predicted octanol–water partition coefficient (Wildman–Crippen LogP) is 0.928. The van der Waals surface area contributed by atoms with Gasteiger partial charge >= 0.3 is 6.08 Å². The lowest BCUT2D eigenvalue weighted by Gasteiger charge is -2.01. The van der Waals surface area contributed by atoms with Crippen LogP contribution in [0, 0.1) is 0 Å². The maximum atomic E-state index is 8.07. The zero-order valence-corrected chi connectivity index (χ0v) is 5.42. The van der Waals surface area contributed by atoms with E-state index in [0.717, 1.165) is 0 Å². The molecule has 0 aliphatic heterocycles. The molecule has 0 unspecified atom stereocenters. The van der Waals surface area contributed by atoms with Crippen LogP contribution in [0.2, 0.25) is 0 Å². The SMILES string of the molecule is C=C(C)OC(=NO)OC. The highest BCUT2D eigenvalue weighted by Gasteiger charge is 1.97. The van der Waals surface area contributed by atoms with Gasteiger partial charge in [0.15, 0.2) is 0 Å². The largest absolute Gasteiger partial charge is 0.452 e. The maximum absolute atomic E-state index is 8.07. The van der Waals surface area contributed by atoms with Gasteiger partial charge in [0, 0.05) is 0 Å². The molecule has 1 N–H and O–H groups in total. The highest BCUT2D eigenvalue weighted by Crippen LogP contribution is 1.92. The molecule has 4 heteroatoms. The summed E-state index contributed by atoms with van der Waals surface area (Å²) in [5.41, 5.74) is 0. The van der Waals surface area contributed by atoms with Crippen molar-refractivity contribution in [2.75, 3.05) is 7.11 Å². The van der Waals surface area contributed by atoms with E-state index < -0.39 is 0 Å². The Bertz CT molecular complexity index is 130. The predicted molar refractivity (Wildman–Crippen MR) is 32.1 cm³/mol. The van der Waals surface area contributed by atoms with Crippen LogP contribution >= 0.6 is 0 Å². The van der Waals surface area contributed by atoms with E-state index in [1.807, 2.05) is 0 Å². The maximum Gasteiger partial charge on any atom is 0.426 e. The van der Waals surface area contributed by atoms with Crippen LogP contribution in [0.15, 0.2) is 17.5 Å². The molecule has 0 aliphatic carbocycles. The second kappa shape index (κ2) is 3.77. The van der Waals surface area contributed by atoms with Gasteiger partial charge in [-0.05, 0) is 12.1 Å². The molecule has 0 aliphatic rings. The number of methoxy groups -OCH3 is 1. The van der Waals surface area contributed by atoms with Gasteiger partial charge in [-0.25, -0.2) is 0 Å². The molecule has 4 nitrogen and oxygen atoms in total. The summed E-state index contributed by atoms with van der Waals surface area (Å²) in [4.78, 5) is 0. The molecule has 0 heterocycles. The van der Waals surface area contributed by atoms with Gasteiger partial charge < -0.3 is 14.7 Å².